The Bertz CT molecular complexity index is 815. The zero-order valence-corrected chi connectivity index (χ0v) is 31.6. The smallest absolute Gasteiger partial charge is 0.338 e. The van der Waals surface area contributed by atoms with Crippen molar-refractivity contribution in [1.82, 2.24) is 0 Å². The number of aliphatic hydroxyl groups is 2. The molecule has 0 spiro atoms. The van der Waals surface area contributed by atoms with Gasteiger partial charge in [-0.1, -0.05) is 129 Å². The first kappa shape index (κ1) is 44.7. The van der Waals surface area contributed by atoms with Crippen LogP contribution in [0, 0.1) is 0 Å². The number of hydrogen-bond donors (Lipinski definition) is 2. The van der Waals surface area contributed by atoms with Gasteiger partial charge >= 0.3 is 11.9 Å². The average molecular weight is 715 g/mol. The van der Waals surface area contributed by atoms with Crippen LogP contribution in [0.15, 0.2) is 24.3 Å². The van der Waals surface area contributed by atoms with Gasteiger partial charge in [0.2, 0.25) is 0 Å². The molecular weight excluding hydrogens is 649 g/mol. The highest BCUT2D eigenvalue weighted by Gasteiger charge is 2.15. The molecule has 1 rings (SSSR count). The van der Waals surface area contributed by atoms with Crippen molar-refractivity contribution in [3.8, 4) is 0 Å². The highest BCUT2D eigenvalue weighted by Crippen LogP contribution is 2.15. The SMILES string of the molecule is CCCCCCCCCCCCSOCC(O)COC(=O)c1ccc(C(=O)OCC(O)COSCCCCCCCCCCCC)cc1. The topological polar surface area (TPSA) is 112 Å². The van der Waals surface area contributed by atoms with Crippen LogP contribution in [-0.4, -0.2) is 72.3 Å². The predicted molar refractivity (Wildman–Crippen MR) is 200 cm³/mol. The minimum atomic E-state index is -0.920. The van der Waals surface area contributed by atoms with Gasteiger partial charge in [0, 0.05) is 11.5 Å². The highest BCUT2D eigenvalue weighted by molar-refractivity contribution is 7.94. The lowest BCUT2D eigenvalue weighted by atomic mass is 10.1. The summed E-state index contributed by atoms with van der Waals surface area (Å²) in [4.78, 5) is 24.7. The molecule has 0 aliphatic heterocycles. The molecule has 0 saturated carbocycles. The number of carbonyl (C=O) groups excluding carboxylic acids is 2. The molecule has 2 atom stereocenters. The molecule has 0 saturated heterocycles. The maximum atomic E-state index is 12.4. The lowest BCUT2D eigenvalue weighted by molar-refractivity contribution is 0.0147. The maximum absolute atomic E-state index is 12.4. The number of unbranched alkanes of at least 4 members (excludes halogenated alkanes) is 18. The van der Waals surface area contributed by atoms with Gasteiger partial charge in [-0.3, -0.25) is 0 Å². The predicted octanol–water partition coefficient (Wildman–Crippen LogP) is 9.89. The first-order chi connectivity index (χ1) is 23.5. The van der Waals surface area contributed by atoms with Crippen LogP contribution >= 0.6 is 24.1 Å². The molecule has 0 fully saturated rings. The van der Waals surface area contributed by atoms with Crippen molar-refractivity contribution in [2.45, 2.75) is 154 Å². The number of hydrogen-bond acceptors (Lipinski definition) is 10. The molecule has 0 bridgehead atoms. The summed E-state index contributed by atoms with van der Waals surface area (Å²) in [5, 5.41) is 20.2. The molecular formula is C38H66O8S2. The Hall–Kier alpha value is -1.30. The molecule has 1 aromatic carbocycles. The molecule has 0 aliphatic carbocycles. The fraction of sp³-hybridized carbons (Fsp3) is 0.789. The van der Waals surface area contributed by atoms with Gasteiger partial charge < -0.3 is 28.1 Å². The van der Waals surface area contributed by atoms with E-state index in [1.807, 2.05) is 0 Å². The van der Waals surface area contributed by atoms with Crippen molar-refractivity contribution in [2.75, 3.05) is 37.9 Å². The van der Waals surface area contributed by atoms with Crippen molar-refractivity contribution in [3.05, 3.63) is 35.4 Å². The minimum Gasteiger partial charge on any atom is -0.459 e. The van der Waals surface area contributed by atoms with Gasteiger partial charge in [-0.05, 0) is 61.2 Å². The molecule has 48 heavy (non-hydrogen) atoms. The van der Waals surface area contributed by atoms with E-state index in [9.17, 15) is 19.8 Å². The van der Waals surface area contributed by atoms with Gasteiger partial charge in [0.1, 0.15) is 25.4 Å². The van der Waals surface area contributed by atoms with E-state index in [1.165, 1.54) is 164 Å². The number of rotatable bonds is 34. The van der Waals surface area contributed by atoms with Gasteiger partial charge in [-0.25, -0.2) is 9.59 Å². The molecule has 2 unspecified atom stereocenters. The average Bonchev–Trinajstić information content (AvgIpc) is 3.10. The largest absolute Gasteiger partial charge is 0.459 e. The molecule has 1 aromatic rings. The zero-order chi connectivity index (χ0) is 34.9. The Morgan fingerprint density at radius 2 is 0.792 bits per heavy atom. The summed E-state index contributed by atoms with van der Waals surface area (Å²) in [6, 6.07) is 5.86. The fourth-order valence-corrected chi connectivity index (χ4v) is 6.40. The number of carbonyl (C=O) groups is 2. The molecule has 10 heteroatoms. The maximum Gasteiger partial charge on any atom is 0.338 e. The number of benzene rings is 1. The molecule has 0 aromatic heterocycles. The van der Waals surface area contributed by atoms with Crippen molar-refractivity contribution < 1.29 is 37.6 Å². The molecule has 0 radical (unpaired) electrons. The number of aliphatic hydroxyl groups excluding tert-OH is 2. The normalized spacial score (nSPS) is 12.6. The van der Waals surface area contributed by atoms with Gasteiger partial charge in [-0.2, -0.15) is 0 Å². The molecule has 0 aliphatic rings. The Morgan fingerprint density at radius 1 is 0.500 bits per heavy atom. The van der Waals surface area contributed by atoms with Gasteiger partial charge in [0.15, 0.2) is 0 Å². The summed E-state index contributed by atoms with van der Waals surface area (Å²) in [7, 11) is 0. The van der Waals surface area contributed by atoms with Gasteiger partial charge in [0.05, 0.1) is 24.3 Å². The third-order valence-corrected chi connectivity index (χ3v) is 9.54. The second kappa shape index (κ2) is 32.9. The van der Waals surface area contributed by atoms with Crippen LogP contribution in [0.1, 0.15) is 163 Å². The first-order valence-electron chi connectivity index (χ1n) is 18.8. The van der Waals surface area contributed by atoms with Gasteiger partial charge in [0.25, 0.3) is 0 Å². The summed E-state index contributed by atoms with van der Waals surface area (Å²) in [5.41, 5.74) is 0.505. The Kier molecular flexibility index (Phi) is 30.6. The second-order valence-electron chi connectivity index (χ2n) is 12.7. The van der Waals surface area contributed by atoms with Crippen molar-refractivity contribution >= 4 is 36.0 Å². The van der Waals surface area contributed by atoms with E-state index in [0.29, 0.717) is 0 Å². The van der Waals surface area contributed by atoms with Crippen LogP contribution in [0.4, 0.5) is 0 Å². The summed E-state index contributed by atoms with van der Waals surface area (Å²) in [6.45, 7) is 4.28. The molecule has 8 nitrogen and oxygen atoms in total. The second-order valence-corrected chi connectivity index (χ2v) is 14.4. The minimum absolute atomic E-state index is 0.0788. The monoisotopic (exact) mass is 714 g/mol. The van der Waals surface area contributed by atoms with Crippen molar-refractivity contribution in [3.63, 3.8) is 0 Å². The fourth-order valence-electron chi connectivity index (χ4n) is 5.02. The van der Waals surface area contributed by atoms with Crippen molar-refractivity contribution in [2.24, 2.45) is 0 Å². The van der Waals surface area contributed by atoms with Gasteiger partial charge in [-0.15, -0.1) is 0 Å². The van der Waals surface area contributed by atoms with E-state index in [2.05, 4.69) is 13.8 Å². The van der Waals surface area contributed by atoms with E-state index in [4.69, 9.17) is 17.8 Å². The van der Waals surface area contributed by atoms with Crippen molar-refractivity contribution in [1.29, 1.82) is 0 Å². The van der Waals surface area contributed by atoms with Crippen LogP contribution in [-0.2, 0) is 17.8 Å². The van der Waals surface area contributed by atoms with Crippen LogP contribution in [0.3, 0.4) is 0 Å². The molecule has 278 valence electrons. The Morgan fingerprint density at radius 3 is 1.10 bits per heavy atom. The lowest BCUT2D eigenvalue weighted by Crippen LogP contribution is -2.23. The summed E-state index contributed by atoms with van der Waals surface area (Å²) in [5.74, 6) is 0.552. The quantitative estimate of drug-likeness (QED) is 0.0407. The van der Waals surface area contributed by atoms with Crippen LogP contribution in [0.2, 0.25) is 0 Å². The number of ether oxygens (including phenoxy) is 2. The first-order valence-corrected chi connectivity index (χ1v) is 20.6. The highest BCUT2D eigenvalue weighted by atomic mass is 32.2. The lowest BCUT2D eigenvalue weighted by Gasteiger charge is -2.12. The Balaban J connectivity index is 2.04. The van der Waals surface area contributed by atoms with E-state index in [1.54, 1.807) is 0 Å². The van der Waals surface area contributed by atoms with E-state index in [-0.39, 0.29) is 37.6 Å². The summed E-state index contributed by atoms with van der Waals surface area (Å²) < 4.78 is 21.3. The molecule has 0 amide bonds. The van der Waals surface area contributed by atoms with Crippen LogP contribution < -0.4 is 0 Å². The molecule has 2 N–H and O–H groups in total. The summed E-state index contributed by atoms with van der Waals surface area (Å²) in [6.07, 6.45) is 23.9. The molecule has 0 heterocycles. The number of esters is 2. The van der Waals surface area contributed by atoms with Crippen LogP contribution in [0.5, 0.6) is 0 Å². The third-order valence-electron chi connectivity index (χ3n) is 8.02. The van der Waals surface area contributed by atoms with Crippen LogP contribution in [0.25, 0.3) is 0 Å². The summed E-state index contributed by atoms with van der Waals surface area (Å²) >= 11 is 2.68. The third kappa shape index (κ3) is 26.6. The van der Waals surface area contributed by atoms with E-state index in [0.717, 1.165) is 24.3 Å². The standard InChI is InChI=1S/C38H66O8S2/c1-3-5-7-9-11-13-15-17-19-21-27-47-45-31-35(39)29-43-37(41)33-23-25-34(26-24-33)38(42)44-30-36(40)32-46-48-28-22-20-18-16-14-12-10-8-6-4-2/h23-26,35-36,39-40H,3-22,27-32H2,1-2H3. The Labute approximate surface area is 300 Å². The van der Waals surface area contributed by atoms with E-state index >= 15 is 0 Å². The van der Waals surface area contributed by atoms with E-state index < -0.39 is 24.1 Å². The zero-order valence-electron chi connectivity index (χ0n) is 30.0.